The van der Waals surface area contributed by atoms with E-state index in [0.29, 0.717) is 11.9 Å². The number of alkyl halides is 1. The normalized spacial score (nSPS) is 20.8. The zero-order valence-corrected chi connectivity index (χ0v) is 12.8. The summed E-state index contributed by atoms with van der Waals surface area (Å²) >= 11 is 6.17. The molecule has 0 aliphatic carbocycles. The number of hydrogen-bond acceptors (Lipinski definition) is 3. The summed E-state index contributed by atoms with van der Waals surface area (Å²) in [5.74, 6) is 1.54. The van der Waals surface area contributed by atoms with Crippen LogP contribution in [0.2, 0.25) is 0 Å². The molecule has 0 spiro atoms. The first kappa shape index (κ1) is 13.7. The first-order valence-corrected chi connectivity index (χ1v) is 7.75. The molecule has 0 saturated carbocycles. The molecule has 3 rings (SSSR count). The maximum Gasteiger partial charge on any atom is 0.152 e. The number of aromatic nitrogens is 2. The molecule has 1 aliphatic heterocycles. The maximum atomic E-state index is 6.17. The van der Waals surface area contributed by atoms with Crippen LogP contribution >= 0.6 is 11.6 Å². The molecule has 4 nitrogen and oxygen atoms in total. The quantitative estimate of drug-likeness (QED) is 0.813. The van der Waals surface area contributed by atoms with Crippen molar-refractivity contribution in [3.63, 3.8) is 0 Å². The minimum Gasteiger partial charge on any atom is -0.352 e. The molecule has 20 heavy (non-hydrogen) atoms. The second kappa shape index (κ2) is 5.62. The molecule has 0 bridgehead atoms. The fourth-order valence-electron chi connectivity index (χ4n) is 2.99. The molecular weight excluding hydrogens is 272 g/mol. The molecule has 108 valence electrons. The van der Waals surface area contributed by atoms with Crippen LogP contribution < -0.4 is 4.90 Å². The molecule has 0 radical (unpaired) electrons. The maximum absolute atomic E-state index is 6.17. The lowest BCUT2D eigenvalue weighted by Crippen LogP contribution is -2.51. The third-order valence-corrected chi connectivity index (χ3v) is 4.54. The molecular formula is C15H21ClN4. The van der Waals surface area contributed by atoms with Crippen molar-refractivity contribution >= 4 is 23.1 Å². The largest absolute Gasteiger partial charge is 0.352 e. The molecule has 1 aliphatic rings. The van der Waals surface area contributed by atoms with E-state index in [9.17, 15) is 0 Å². The Morgan fingerprint density at radius 1 is 1.35 bits per heavy atom. The van der Waals surface area contributed by atoms with Gasteiger partial charge in [-0.05, 0) is 25.6 Å². The van der Waals surface area contributed by atoms with Gasteiger partial charge in [0.05, 0.1) is 11.6 Å². The summed E-state index contributed by atoms with van der Waals surface area (Å²) in [6, 6.07) is 6.67. The molecule has 0 amide bonds. The fourth-order valence-corrected chi connectivity index (χ4v) is 3.24. The first-order chi connectivity index (χ1) is 9.74. The highest BCUT2D eigenvalue weighted by Crippen LogP contribution is 2.26. The van der Waals surface area contributed by atoms with Gasteiger partial charge >= 0.3 is 0 Å². The summed E-state index contributed by atoms with van der Waals surface area (Å²) in [6.07, 6.45) is 3.20. The molecule has 5 heteroatoms. The highest BCUT2D eigenvalue weighted by atomic mass is 35.5. The second-order valence-electron chi connectivity index (χ2n) is 5.43. The number of rotatable bonds is 3. The Morgan fingerprint density at radius 2 is 2.20 bits per heavy atom. The van der Waals surface area contributed by atoms with Gasteiger partial charge < -0.3 is 9.30 Å². The molecule has 1 atom stereocenters. The lowest BCUT2D eigenvalue weighted by molar-refractivity contribution is 0.213. The SMILES string of the molecule is CCC1CN(c2nc3ccccn3c2CCl)CCN1C. The summed E-state index contributed by atoms with van der Waals surface area (Å²) in [7, 11) is 2.21. The average Bonchev–Trinajstić information content (AvgIpc) is 2.86. The van der Waals surface area contributed by atoms with Gasteiger partial charge in [0.25, 0.3) is 0 Å². The lowest BCUT2D eigenvalue weighted by atomic mass is 10.1. The zero-order chi connectivity index (χ0) is 14.1. The van der Waals surface area contributed by atoms with E-state index in [1.54, 1.807) is 0 Å². The Hall–Kier alpha value is -1.26. The summed E-state index contributed by atoms with van der Waals surface area (Å²) in [4.78, 5) is 9.61. The van der Waals surface area contributed by atoms with Crippen molar-refractivity contribution < 1.29 is 0 Å². The molecule has 2 aromatic heterocycles. The Morgan fingerprint density at radius 3 is 2.95 bits per heavy atom. The summed E-state index contributed by atoms with van der Waals surface area (Å²) in [6.45, 7) is 5.37. The van der Waals surface area contributed by atoms with E-state index in [1.165, 1.54) is 0 Å². The number of nitrogens with zero attached hydrogens (tertiary/aromatic N) is 4. The number of pyridine rings is 1. The van der Waals surface area contributed by atoms with Crippen LogP contribution in [0.25, 0.3) is 5.65 Å². The number of fused-ring (bicyclic) bond motifs is 1. The van der Waals surface area contributed by atoms with Crippen LogP contribution in [-0.4, -0.2) is 47.0 Å². The third-order valence-electron chi connectivity index (χ3n) is 4.28. The topological polar surface area (TPSA) is 23.8 Å². The smallest absolute Gasteiger partial charge is 0.152 e. The van der Waals surface area contributed by atoms with Crippen molar-refractivity contribution in [1.29, 1.82) is 0 Å². The number of hydrogen-bond donors (Lipinski definition) is 0. The van der Waals surface area contributed by atoms with Crippen LogP contribution in [0.1, 0.15) is 19.0 Å². The number of piperazine rings is 1. The molecule has 3 heterocycles. The van der Waals surface area contributed by atoms with Crippen molar-refractivity contribution in [2.45, 2.75) is 25.3 Å². The van der Waals surface area contributed by atoms with Crippen molar-refractivity contribution in [2.75, 3.05) is 31.6 Å². The van der Waals surface area contributed by atoms with Gasteiger partial charge in [-0.2, -0.15) is 0 Å². The monoisotopic (exact) mass is 292 g/mol. The van der Waals surface area contributed by atoms with Gasteiger partial charge in [-0.3, -0.25) is 4.90 Å². The average molecular weight is 293 g/mol. The lowest BCUT2D eigenvalue weighted by Gasteiger charge is -2.39. The number of halogens is 1. The first-order valence-electron chi connectivity index (χ1n) is 7.21. The standard InChI is InChI=1S/C15H21ClN4/c1-3-12-11-19(9-8-18(12)2)15-13(10-16)20-7-5-4-6-14(20)17-15/h4-7,12H,3,8-11H2,1-2H3. The predicted molar refractivity (Wildman–Crippen MR) is 83.7 cm³/mol. The molecule has 0 aromatic carbocycles. The Bertz CT molecular complexity index is 595. The minimum atomic E-state index is 0.490. The van der Waals surface area contributed by atoms with E-state index < -0.39 is 0 Å². The van der Waals surface area contributed by atoms with Crippen LogP contribution in [0.3, 0.4) is 0 Å². The van der Waals surface area contributed by atoms with Gasteiger partial charge in [-0.15, -0.1) is 11.6 Å². The second-order valence-corrected chi connectivity index (χ2v) is 5.70. The van der Waals surface area contributed by atoms with Crippen LogP contribution in [0.15, 0.2) is 24.4 Å². The van der Waals surface area contributed by atoms with Crippen LogP contribution in [0, 0.1) is 0 Å². The molecule has 0 N–H and O–H groups in total. The minimum absolute atomic E-state index is 0.490. The van der Waals surface area contributed by atoms with E-state index in [4.69, 9.17) is 16.6 Å². The molecule has 1 fully saturated rings. The summed E-state index contributed by atoms with van der Waals surface area (Å²) < 4.78 is 2.10. The zero-order valence-electron chi connectivity index (χ0n) is 12.1. The molecule has 1 saturated heterocycles. The van der Waals surface area contributed by atoms with E-state index >= 15 is 0 Å². The van der Waals surface area contributed by atoms with E-state index in [1.807, 2.05) is 24.4 Å². The Balaban J connectivity index is 1.97. The molecule has 1 unspecified atom stereocenters. The van der Waals surface area contributed by atoms with Gasteiger partial charge in [0, 0.05) is 31.9 Å². The van der Waals surface area contributed by atoms with E-state index in [2.05, 4.69) is 28.2 Å². The summed E-state index contributed by atoms with van der Waals surface area (Å²) in [5.41, 5.74) is 2.08. The Labute approximate surface area is 125 Å². The van der Waals surface area contributed by atoms with Crippen molar-refractivity contribution in [3.8, 4) is 0 Å². The third kappa shape index (κ3) is 2.27. The molecule has 2 aromatic rings. The number of likely N-dealkylation sites (N-methyl/N-ethyl adjacent to an activating group) is 1. The van der Waals surface area contributed by atoms with E-state index in [-0.39, 0.29) is 0 Å². The van der Waals surface area contributed by atoms with Crippen LogP contribution in [-0.2, 0) is 5.88 Å². The highest BCUT2D eigenvalue weighted by Gasteiger charge is 2.26. The van der Waals surface area contributed by atoms with E-state index in [0.717, 1.165) is 43.2 Å². The highest BCUT2D eigenvalue weighted by molar-refractivity contribution is 6.17. The van der Waals surface area contributed by atoms with Crippen molar-refractivity contribution in [1.82, 2.24) is 14.3 Å². The van der Waals surface area contributed by atoms with Gasteiger partial charge in [-0.25, -0.2) is 4.98 Å². The van der Waals surface area contributed by atoms with Gasteiger partial charge in [0.2, 0.25) is 0 Å². The number of anilines is 1. The summed E-state index contributed by atoms with van der Waals surface area (Å²) in [5, 5.41) is 0. The van der Waals surface area contributed by atoms with Crippen LogP contribution in [0.4, 0.5) is 5.82 Å². The van der Waals surface area contributed by atoms with Gasteiger partial charge in [0.1, 0.15) is 5.65 Å². The number of imidazole rings is 1. The van der Waals surface area contributed by atoms with Crippen molar-refractivity contribution in [2.24, 2.45) is 0 Å². The van der Waals surface area contributed by atoms with Gasteiger partial charge in [0.15, 0.2) is 5.82 Å². The predicted octanol–water partition coefficient (Wildman–Crippen LogP) is 2.60. The van der Waals surface area contributed by atoms with Gasteiger partial charge in [-0.1, -0.05) is 13.0 Å². The van der Waals surface area contributed by atoms with Crippen LogP contribution in [0.5, 0.6) is 0 Å². The Kier molecular flexibility index (Phi) is 3.85. The van der Waals surface area contributed by atoms with Crippen molar-refractivity contribution in [3.05, 3.63) is 30.1 Å². The fraction of sp³-hybridized carbons (Fsp3) is 0.533.